The van der Waals surface area contributed by atoms with E-state index in [1.54, 1.807) is 0 Å². The van der Waals surface area contributed by atoms with Crippen molar-refractivity contribution in [3.63, 3.8) is 0 Å². The van der Waals surface area contributed by atoms with Crippen molar-refractivity contribution >= 4 is 30.1 Å². The number of carbonyl (C=O) groups excluding carboxylic acids is 1. The zero-order valence-corrected chi connectivity index (χ0v) is 12.8. The molecule has 1 heterocycles. The summed E-state index contributed by atoms with van der Waals surface area (Å²) in [6.45, 7) is -0.170. The molecule has 8 heteroatoms. The molecule has 1 amide bonds. The monoisotopic (exact) mass is 345 g/mol. The summed E-state index contributed by atoms with van der Waals surface area (Å²) in [5.41, 5.74) is -0.774. The molecule has 0 unspecified atom stereocenters. The van der Waals surface area contributed by atoms with E-state index in [0.717, 1.165) is 11.0 Å². The summed E-state index contributed by atoms with van der Waals surface area (Å²) in [6.07, 6.45) is -3.34. The number of hydrogen-bond acceptors (Lipinski definition) is 3. The van der Waals surface area contributed by atoms with E-state index < -0.39 is 29.7 Å². The minimum absolute atomic E-state index is 0.0227. The molecule has 4 nitrogen and oxygen atoms in total. The number of carbonyl (C=O) groups is 2. The Balaban J connectivity index is 2.40. The number of amides is 1. The van der Waals surface area contributed by atoms with Gasteiger partial charge < -0.3 is 10.0 Å². The predicted octanol–water partition coefficient (Wildman–Crippen LogP) is 2.70. The lowest BCUT2D eigenvalue weighted by Crippen LogP contribution is -2.41. The molecule has 1 aliphatic rings. The van der Waals surface area contributed by atoms with Crippen molar-refractivity contribution in [3.8, 4) is 0 Å². The third-order valence-electron chi connectivity index (χ3n) is 3.51. The van der Waals surface area contributed by atoms with Crippen LogP contribution in [0.3, 0.4) is 0 Å². The van der Waals surface area contributed by atoms with Crippen LogP contribution in [0, 0.1) is 0 Å². The molecular formula is C15H14F3NO3S. The van der Waals surface area contributed by atoms with E-state index in [2.05, 4.69) is 12.6 Å². The van der Waals surface area contributed by atoms with Gasteiger partial charge in [-0.1, -0.05) is 18.2 Å². The summed E-state index contributed by atoms with van der Waals surface area (Å²) < 4.78 is 39.3. The number of hydrogen-bond donors (Lipinski definition) is 2. The summed E-state index contributed by atoms with van der Waals surface area (Å²) in [5, 5.41) is 9.21. The fourth-order valence-electron chi connectivity index (χ4n) is 2.49. The first-order valence-electron chi connectivity index (χ1n) is 6.76. The van der Waals surface area contributed by atoms with Crippen LogP contribution in [0.1, 0.15) is 17.5 Å². The van der Waals surface area contributed by atoms with E-state index in [1.807, 2.05) is 0 Å². The molecule has 0 saturated heterocycles. The molecule has 0 spiro atoms. The number of alkyl halides is 3. The third kappa shape index (κ3) is 3.69. The maximum absolute atomic E-state index is 13.1. The molecular weight excluding hydrogens is 331 g/mol. The Labute approximate surface area is 136 Å². The summed E-state index contributed by atoms with van der Waals surface area (Å²) in [4.78, 5) is 24.3. The average Bonchev–Trinajstić information content (AvgIpc) is 2.92. The molecule has 0 fully saturated rings. The first kappa shape index (κ1) is 17.4. The number of benzene rings is 1. The van der Waals surface area contributed by atoms with Crippen LogP contribution in [0.5, 0.6) is 0 Å². The molecule has 0 aromatic heterocycles. The quantitative estimate of drug-likeness (QED) is 0.825. The Hall–Kier alpha value is -1.96. The molecule has 0 radical (unpaired) electrons. The highest BCUT2D eigenvalue weighted by Gasteiger charge is 2.38. The normalized spacial score (nSPS) is 18.0. The van der Waals surface area contributed by atoms with Crippen molar-refractivity contribution in [1.29, 1.82) is 0 Å². The molecule has 0 saturated carbocycles. The Bertz CT molecular complexity index is 658. The Kier molecular flexibility index (Phi) is 5.03. The van der Waals surface area contributed by atoms with Gasteiger partial charge in [-0.2, -0.15) is 25.8 Å². The summed E-state index contributed by atoms with van der Waals surface area (Å²) >= 11 is 3.92. The summed E-state index contributed by atoms with van der Waals surface area (Å²) in [6, 6.07) is 3.66. The highest BCUT2D eigenvalue weighted by molar-refractivity contribution is 7.80. The Morgan fingerprint density at radius 2 is 1.96 bits per heavy atom. The van der Waals surface area contributed by atoms with Crippen LogP contribution in [-0.2, 0) is 15.8 Å². The second kappa shape index (κ2) is 6.66. The first-order valence-corrected chi connectivity index (χ1v) is 7.39. The Morgan fingerprint density at radius 1 is 1.30 bits per heavy atom. The van der Waals surface area contributed by atoms with E-state index in [1.165, 1.54) is 24.3 Å². The summed E-state index contributed by atoms with van der Waals surface area (Å²) in [5.74, 6) is -1.50. The van der Waals surface area contributed by atoms with Crippen LogP contribution in [-0.4, -0.2) is 40.2 Å². The van der Waals surface area contributed by atoms with Crippen LogP contribution >= 0.6 is 12.6 Å². The van der Waals surface area contributed by atoms with E-state index in [4.69, 9.17) is 0 Å². The predicted molar refractivity (Wildman–Crippen MR) is 81.0 cm³/mol. The molecule has 0 bridgehead atoms. The van der Waals surface area contributed by atoms with Crippen molar-refractivity contribution in [2.45, 2.75) is 18.6 Å². The number of carboxylic acid groups (broad SMARTS) is 1. The number of carboxylic acids is 1. The Morgan fingerprint density at radius 3 is 2.52 bits per heavy atom. The van der Waals surface area contributed by atoms with Gasteiger partial charge in [-0.3, -0.25) is 4.79 Å². The molecule has 1 aromatic carbocycles. The fourth-order valence-corrected chi connectivity index (χ4v) is 2.68. The van der Waals surface area contributed by atoms with Crippen LogP contribution in [0.2, 0.25) is 0 Å². The van der Waals surface area contributed by atoms with Gasteiger partial charge in [0.05, 0.1) is 5.56 Å². The second-order valence-corrected chi connectivity index (χ2v) is 5.46. The number of thiol groups is 1. The minimum atomic E-state index is -4.56. The van der Waals surface area contributed by atoms with Crippen LogP contribution in [0.4, 0.5) is 13.2 Å². The minimum Gasteiger partial charge on any atom is -0.479 e. The lowest BCUT2D eigenvalue weighted by Gasteiger charge is -2.22. The first-order chi connectivity index (χ1) is 10.8. The molecule has 23 heavy (non-hydrogen) atoms. The van der Waals surface area contributed by atoms with Crippen molar-refractivity contribution < 1.29 is 27.9 Å². The highest BCUT2D eigenvalue weighted by atomic mass is 32.1. The van der Waals surface area contributed by atoms with E-state index >= 15 is 0 Å². The molecule has 0 aliphatic carbocycles. The van der Waals surface area contributed by atoms with Crippen molar-refractivity contribution in [2.24, 2.45) is 0 Å². The van der Waals surface area contributed by atoms with E-state index in [-0.39, 0.29) is 29.9 Å². The number of aliphatic carboxylic acids is 1. The molecule has 2 rings (SSSR count). The average molecular weight is 345 g/mol. The van der Waals surface area contributed by atoms with Crippen molar-refractivity contribution in [1.82, 2.24) is 4.90 Å². The van der Waals surface area contributed by atoms with Crippen LogP contribution < -0.4 is 0 Å². The van der Waals surface area contributed by atoms with Gasteiger partial charge in [0.25, 0.3) is 0 Å². The SMILES string of the molecule is O=C(O)[C@@H]1C=C(c2ccccc2C(F)(F)F)CN1C(=O)CCS. The highest BCUT2D eigenvalue weighted by Crippen LogP contribution is 2.37. The number of halogens is 3. The van der Waals surface area contributed by atoms with Crippen molar-refractivity contribution in [3.05, 3.63) is 41.5 Å². The lowest BCUT2D eigenvalue weighted by molar-refractivity contribution is -0.146. The van der Waals surface area contributed by atoms with Crippen LogP contribution in [0.25, 0.3) is 5.57 Å². The molecule has 1 N–H and O–H groups in total. The second-order valence-electron chi connectivity index (χ2n) is 5.01. The maximum atomic E-state index is 13.1. The standard InChI is InChI=1S/C15H14F3NO3S/c16-15(17,18)11-4-2-1-3-10(11)9-7-12(14(21)22)19(8-9)13(20)5-6-23/h1-4,7,12,23H,5-6,8H2,(H,21,22)/t12-/m0/s1. The topological polar surface area (TPSA) is 57.6 Å². The van der Waals surface area contributed by atoms with Gasteiger partial charge in [0.1, 0.15) is 6.04 Å². The van der Waals surface area contributed by atoms with Gasteiger partial charge in [0, 0.05) is 13.0 Å². The van der Waals surface area contributed by atoms with Gasteiger partial charge in [0.15, 0.2) is 0 Å². The number of rotatable bonds is 4. The van der Waals surface area contributed by atoms with Crippen molar-refractivity contribution in [2.75, 3.05) is 12.3 Å². The molecule has 124 valence electrons. The molecule has 1 atom stereocenters. The van der Waals surface area contributed by atoms with Gasteiger partial charge in [0.2, 0.25) is 5.91 Å². The smallest absolute Gasteiger partial charge is 0.416 e. The molecule has 1 aromatic rings. The van der Waals surface area contributed by atoms with Gasteiger partial charge >= 0.3 is 12.1 Å². The zero-order chi connectivity index (χ0) is 17.2. The molecule has 1 aliphatic heterocycles. The van der Waals surface area contributed by atoms with Crippen LogP contribution in [0.15, 0.2) is 30.3 Å². The lowest BCUT2D eigenvalue weighted by atomic mass is 9.99. The van der Waals surface area contributed by atoms with Gasteiger partial charge in [-0.05, 0) is 29.0 Å². The summed E-state index contributed by atoms with van der Waals surface area (Å²) in [7, 11) is 0. The number of nitrogens with zero attached hydrogens (tertiary/aromatic N) is 1. The van der Waals surface area contributed by atoms with E-state index in [0.29, 0.717) is 0 Å². The van der Waals surface area contributed by atoms with Gasteiger partial charge in [-0.15, -0.1) is 0 Å². The zero-order valence-electron chi connectivity index (χ0n) is 11.9. The fraction of sp³-hybridized carbons (Fsp3) is 0.333. The largest absolute Gasteiger partial charge is 0.479 e. The third-order valence-corrected chi connectivity index (χ3v) is 3.74. The van der Waals surface area contributed by atoms with E-state index in [9.17, 15) is 27.9 Å². The van der Waals surface area contributed by atoms with Gasteiger partial charge in [-0.25, -0.2) is 4.79 Å². The maximum Gasteiger partial charge on any atom is 0.416 e.